The lowest BCUT2D eigenvalue weighted by atomic mass is 10.2. The van der Waals surface area contributed by atoms with Crippen LogP contribution in [0.2, 0.25) is 0 Å². The summed E-state index contributed by atoms with van der Waals surface area (Å²) < 4.78 is 12.6. The fourth-order valence-corrected chi connectivity index (χ4v) is 2.92. The number of nitrogens with two attached hydrogens (primary N) is 1. The normalized spacial score (nSPS) is 10.6. The molecule has 0 fully saturated rings. The summed E-state index contributed by atoms with van der Waals surface area (Å²) >= 11 is 1.51. The van der Waals surface area contributed by atoms with Crippen LogP contribution < -0.4 is 15.3 Å². The molecule has 0 amide bonds. The number of rotatable bonds is 8. The molecule has 0 saturated carbocycles. The van der Waals surface area contributed by atoms with E-state index >= 15 is 0 Å². The highest BCUT2D eigenvalue weighted by molar-refractivity contribution is 7.99. The van der Waals surface area contributed by atoms with Gasteiger partial charge in [-0.25, -0.2) is 4.68 Å². The van der Waals surface area contributed by atoms with Gasteiger partial charge in [0, 0.05) is 11.3 Å². The van der Waals surface area contributed by atoms with Gasteiger partial charge in [0.25, 0.3) is 0 Å². The Kier molecular flexibility index (Phi) is 5.79. The van der Waals surface area contributed by atoms with Crippen LogP contribution in [0.1, 0.15) is 6.92 Å². The van der Waals surface area contributed by atoms with Crippen LogP contribution in [-0.4, -0.2) is 33.8 Å². The van der Waals surface area contributed by atoms with E-state index in [4.69, 9.17) is 15.3 Å². The molecule has 130 valence electrons. The topological polar surface area (TPSA) is 75.2 Å². The maximum Gasteiger partial charge on any atom is 0.210 e. The van der Waals surface area contributed by atoms with Gasteiger partial charge in [0.05, 0.1) is 13.2 Å². The summed E-state index contributed by atoms with van der Waals surface area (Å²) in [4.78, 5) is 0. The molecule has 0 aliphatic heterocycles. The number of hydrogen-bond donors (Lipinski definition) is 1. The van der Waals surface area contributed by atoms with E-state index < -0.39 is 0 Å². The number of nitrogen functional groups attached to an aromatic ring is 1. The average Bonchev–Trinajstić information content (AvgIpc) is 3.02. The van der Waals surface area contributed by atoms with Crippen molar-refractivity contribution in [1.82, 2.24) is 14.9 Å². The number of thioether (sulfide) groups is 1. The summed E-state index contributed by atoms with van der Waals surface area (Å²) in [5.41, 5.74) is 0.940. The Morgan fingerprint density at radius 3 is 2.32 bits per heavy atom. The van der Waals surface area contributed by atoms with Gasteiger partial charge in [-0.1, -0.05) is 42.1 Å². The number of nitrogens with zero attached hydrogens (tertiary/aromatic N) is 3. The van der Waals surface area contributed by atoms with Crippen LogP contribution in [0.4, 0.5) is 0 Å². The minimum Gasteiger partial charge on any atom is -0.494 e. The Labute approximate surface area is 150 Å². The molecular weight excluding hydrogens is 336 g/mol. The van der Waals surface area contributed by atoms with Crippen molar-refractivity contribution in [3.05, 3.63) is 54.6 Å². The van der Waals surface area contributed by atoms with Gasteiger partial charge in [-0.05, 0) is 31.2 Å². The lowest BCUT2D eigenvalue weighted by molar-refractivity contribution is 0.332. The molecule has 3 rings (SSSR count). The predicted octanol–water partition coefficient (Wildman–Crippen LogP) is 3.23. The second-order valence-electron chi connectivity index (χ2n) is 5.14. The molecule has 2 aromatic carbocycles. The molecule has 1 heterocycles. The molecule has 3 aromatic rings. The Morgan fingerprint density at radius 1 is 0.960 bits per heavy atom. The molecular formula is C18H20N4O2S. The van der Waals surface area contributed by atoms with Crippen LogP contribution in [-0.2, 0) is 0 Å². The smallest absolute Gasteiger partial charge is 0.210 e. The molecule has 0 aliphatic rings. The van der Waals surface area contributed by atoms with Gasteiger partial charge in [-0.2, -0.15) is 0 Å². The summed E-state index contributed by atoms with van der Waals surface area (Å²) in [6.45, 7) is 3.16. The van der Waals surface area contributed by atoms with Gasteiger partial charge in [-0.3, -0.25) is 0 Å². The summed E-state index contributed by atoms with van der Waals surface area (Å²) in [6, 6.07) is 17.3. The fraction of sp³-hybridized carbons (Fsp3) is 0.222. The van der Waals surface area contributed by atoms with Crippen LogP contribution in [0.25, 0.3) is 11.4 Å². The Bertz CT molecular complexity index is 791. The third kappa shape index (κ3) is 4.45. The van der Waals surface area contributed by atoms with E-state index in [1.54, 1.807) is 0 Å². The highest BCUT2D eigenvalue weighted by Crippen LogP contribution is 2.22. The molecule has 0 spiro atoms. The molecule has 0 saturated heterocycles. The predicted molar refractivity (Wildman–Crippen MR) is 99.4 cm³/mol. The molecule has 1 aromatic heterocycles. The molecule has 0 unspecified atom stereocenters. The van der Waals surface area contributed by atoms with Crippen LogP contribution >= 0.6 is 11.8 Å². The van der Waals surface area contributed by atoms with E-state index in [2.05, 4.69) is 10.2 Å². The highest BCUT2D eigenvalue weighted by Gasteiger charge is 2.11. The van der Waals surface area contributed by atoms with E-state index in [0.717, 1.165) is 22.8 Å². The third-order valence-corrected chi connectivity index (χ3v) is 4.32. The zero-order valence-electron chi connectivity index (χ0n) is 14.0. The first-order valence-electron chi connectivity index (χ1n) is 8.02. The van der Waals surface area contributed by atoms with E-state index in [9.17, 15) is 0 Å². The van der Waals surface area contributed by atoms with Crippen molar-refractivity contribution in [2.24, 2.45) is 0 Å². The van der Waals surface area contributed by atoms with Gasteiger partial charge in [0.15, 0.2) is 5.82 Å². The highest BCUT2D eigenvalue weighted by atomic mass is 32.2. The summed E-state index contributed by atoms with van der Waals surface area (Å²) in [5, 5.41) is 8.97. The van der Waals surface area contributed by atoms with Crippen LogP contribution in [0.5, 0.6) is 11.5 Å². The van der Waals surface area contributed by atoms with Crippen molar-refractivity contribution >= 4 is 11.8 Å². The summed E-state index contributed by atoms with van der Waals surface area (Å²) in [6.07, 6.45) is 0. The Hall–Kier alpha value is -2.67. The molecule has 7 heteroatoms. The minimum atomic E-state index is 0.548. The lowest BCUT2D eigenvalue weighted by Crippen LogP contribution is -2.12. The van der Waals surface area contributed by atoms with Crippen molar-refractivity contribution in [3.63, 3.8) is 0 Å². The molecule has 2 N–H and O–H groups in total. The number of benzene rings is 2. The zero-order valence-corrected chi connectivity index (χ0v) is 14.8. The number of ether oxygens (including phenoxy) is 2. The second kappa shape index (κ2) is 8.43. The quantitative estimate of drug-likeness (QED) is 0.379. The molecule has 0 radical (unpaired) electrons. The van der Waals surface area contributed by atoms with Crippen molar-refractivity contribution in [2.45, 2.75) is 12.1 Å². The minimum absolute atomic E-state index is 0.548. The van der Waals surface area contributed by atoms with Crippen molar-refractivity contribution in [1.29, 1.82) is 0 Å². The van der Waals surface area contributed by atoms with Gasteiger partial charge in [0.1, 0.15) is 11.5 Å². The largest absolute Gasteiger partial charge is 0.494 e. The summed E-state index contributed by atoms with van der Waals surface area (Å²) in [7, 11) is 0. The maximum atomic E-state index is 6.09. The van der Waals surface area contributed by atoms with Gasteiger partial charge >= 0.3 is 0 Å². The Balaban J connectivity index is 1.50. The van der Waals surface area contributed by atoms with Crippen molar-refractivity contribution < 1.29 is 9.47 Å². The first kappa shape index (κ1) is 17.2. The van der Waals surface area contributed by atoms with Crippen LogP contribution in [0, 0.1) is 0 Å². The van der Waals surface area contributed by atoms with Gasteiger partial charge < -0.3 is 15.3 Å². The Morgan fingerprint density at radius 2 is 1.64 bits per heavy atom. The second-order valence-corrected chi connectivity index (χ2v) is 6.21. The van der Waals surface area contributed by atoms with E-state index in [0.29, 0.717) is 24.2 Å². The molecule has 0 bridgehead atoms. The van der Waals surface area contributed by atoms with E-state index in [1.807, 2.05) is 61.5 Å². The molecule has 6 nitrogen and oxygen atoms in total. The maximum absolute atomic E-state index is 6.09. The van der Waals surface area contributed by atoms with Crippen molar-refractivity contribution in [2.75, 3.05) is 24.8 Å². The lowest BCUT2D eigenvalue weighted by Gasteiger charge is -2.07. The van der Waals surface area contributed by atoms with Crippen LogP contribution in [0.15, 0.2) is 59.8 Å². The van der Waals surface area contributed by atoms with E-state index in [-0.39, 0.29) is 0 Å². The standard InChI is InChI=1S/C18H20N4O2S/c1-2-23-15-8-10-16(11-9-15)24-12-13-25-18-21-20-17(22(18)19)14-6-4-3-5-7-14/h3-11H,2,12-13,19H2,1H3. The zero-order chi connectivity index (χ0) is 17.5. The van der Waals surface area contributed by atoms with Gasteiger partial charge in [-0.15, -0.1) is 10.2 Å². The molecule has 0 aliphatic carbocycles. The molecule has 0 atom stereocenters. The monoisotopic (exact) mass is 356 g/mol. The fourth-order valence-electron chi connectivity index (χ4n) is 2.25. The number of aromatic nitrogens is 3. The van der Waals surface area contributed by atoms with Crippen molar-refractivity contribution in [3.8, 4) is 22.9 Å². The van der Waals surface area contributed by atoms with E-state index in [1.165, 1.54) is 16.4 Å². The molecule has 25 heavy (non-hydrogen) atoms. The first-order valence-corrected chi connectivity index (χ1v) is 9.01. The third-order valence-electron chi connectivity index (χ3n) is 3.41. The summed E-state index contributed by atoms with van der Waals surface area (Å²) in [5.74, 6) is 9.11. The first-order chi connectivity index (χ1) is 12.3. The van der Waals surface area contributed by atoms with Crippen LogP contribution in [0.3, 0.4) is 0 Å². The van der Waals surface area contributed by atoms with Gasteiger partial charge in [0.2, 0.25) is 5.16 Å². The SMILES string of the molecule is CCOc1ccc(OCCSc2nnc(-c3ccccc3)n2N)cc1. The number of hydrogen-bond acceptors (Lipinski definition) is 6. The average molecular weight is 356 g/mol.